The van der Waals surface area contributed by atoms with Crippen LogP contribution < -0.4 is 0 Å². The van der Waals surface area contributed by atoms with Gasteiger partial charge < -0.3 is 9.84 Å². The van der Waals surface area contributed by atoms with Crippen LogP contribution >= 0.6 is 0 Å². The first kappa shape index (κ1) is 12.9. The van der Waals surface area contributed by atoms with E-state index in [0.717, 1.165) is 0 Å². The van der Waals surface area contributed by atoms with Crippen LogP contribution in [0.4, 0.5) is 0 Å². The van der Waals surface area contributed by atoms with Crippen molar-refractivity contribution in [2.24, 2.45) is 5.41 Å². The van der Waals surface area contributed by atoms with Crippen LogP contribution in [0.25, 0.3) is 0 Å². The Morgan fingerprint density at radius 1 is 1.36 bits per heavy atom. The van der Waals surface area contributed by atoms with Crippen molar-refractivity contribution < 1.29 is 19.4 Å². The molecule has 4 nitrogen and oxygen atoms in total. The summed E-state index contributed by atoms with van der Waals surface area (Å²) in [5.74, 6) is -1.37. The lowest BCUT2D eigenvalue weighted by Gasteiger charge is -2.24. The van der Waals surface area contributed by atoms with Gasteiger partial charge in [-0.05, 0) is 11.8 Å². The van der Waals surface area contributed by atoms with E-state index in [2.05, 4.69) is 0 Å². The Labute approximate surface area is 84.3 Å². The fraction of sp³-hybridized carbons (Fsp3) is 0.800. The zero-order valence-electron chi connectivity index (χ0n) is 9.16. The molecule has 0 unspecified atom stereocenters. The number of ether oxygens (including phenoxy) is 1. The minimum Gasteiger partial charge on any atom is -0.481 e. The first-order chi connectivity index (χ1) is 6.20. The maximum absolute atomic E-state index is 10.7. The molecule has 82 valence electrons. The predicted molar refractivity (Wildman–Crippen MR) is 51.9 cm³/mol. The van der Waals surface area contributed by atoms with Gasteiger partial charge in [-0.2, -0.15) is 0 Å². The summed E-state index contributed by atoms with van der Waals surface area (Å²) in [5, 5.41) is 8.60. The van der Waals surface area contributed by atoms with Crippen LogP contribution in [0, 0.1) is 5.41 Å². The van der Waals surface area contributed by atoms with Crippen LogP contribution in [0.1, 0.15) is 40.5 Å². The average molecular weight is 202 g/mol. The van der Waals surface area contributed by atoms with Gasteiger partial charge in [-0.3, -0.25) is 9.59 Å². The third-order valence-electron chi connectivity index (χ3n) is 1.57. The molecule has 0 radical (unpaired) electrons. The molecule has 0 aliphatic rings. The van der Waals surface area contributed by atoms with E-state index in [1.807, 2.05) is 20.8 Å². The van der Waals surface area contributed by atoms with E-state index in [-0.39, 0.29) is 11.8 Å². The van der Waals surface area contributed by atoms with Crippen LogP contribution in [0.5, 0.6) is 0 Å². The van der Waals surface area contributed by atoms with Crippen molar-refractivity contribution in [2.45, 2.75) is 46.6 Å². The largest absolute Gasteiger partial charge is 0.481 e. The third-order valence-corrected chi connectivity index (χ3v) is 1.57. The lowest BCUT2D eigenvalue weighted by Crippen LogP contribution is -2.25. The summed E-state index contributed by atoms with van der Waals surface area (Å²) < 4.78 is 4.92. The molecule has 0 rings (SSSR count). The summed E-state index contributed by atoms with van der Waals surface area (Å²) in [6, 6.07) is 0. The van der Waals surface area contributed by atoms with Gasteiger partial charge in [0, 0.05) is 6.92 Å². The standard InChI is InChI=1S/C10H18O4/c1-7(11)14-8(5-9(12)13)6-10(2,3)4/h8H,5-6H2,1-4H3,(H,12,13)/t8-/m1/s1. The molecule has 0 bridgehead atoms. The highest BCUT2D eigenvalue weighted by Crippen LogP contribution is 2.24. The van der Waals surface area contributed by atoms with Crippen molar-refractivity contribution in [1.29, 1.82) is 0 Å². The van der Waals surface area contributed by atoms with Crippen molar-refractivity contribution in [2.75, 3.05) is 0 Å². The van der Waals surface area contributed by atoms with Gasteiger partial charge in [-0.25, -0.2) is 0 Å². The van der Waals surface area contributed by atoms with Crippen LogP contribution in [-0.2, 0) is 14.3 Å². The van der Waals surface area contributed by atoms with Crippen molar-refractivity contribution in [3.63, 3.8) is 0 Å². The molecule has 0 aliphatic heterocycles. The lowest BCUT2D eigenvalue weighted by molar-refractivity contribution is -0.152. The zero-order chi connectivity index (χ0) is 11.4. The monoisotopic (exact) mass is 202 g/mol. The van der Waals surface area contributed by atoms with E-state index in [9.17, 15) is 9.59 Å². The predicted octanol–water partition coefficient (Wildman–Crippen LogP) is 1.83. The Hall–Kier alpha value is -1.06. The Morgan fingerprint density at radius 3 is 2.14 bits per heavy atom. The number of aliphatic carboxylic acids is 1. The van der Waals surface area contributed by atoms with Gasteiger partial charge in [0.2, 0.25) is 0 Å². The van der Waals surface area contributed by atoms with E-state index >= 15 is 0 Å². The molecule has 0 fully saturated rings. The fourth-order valence-electron chi connectivity index (χ4n) is 1.27. The maximum Gasteiger partial charge on any atom is 0.307 e. The Morgan fingerprint density at radius 2 is 1.86 bits per heavy atom. The van der Waals surface area contributed by atoms with Crippen molar-refractivity contribution >= 4 is 11.9 Å². The number of rotatable bonds is 4. The van der Waals surface area contributed by atoms with E-state index < -0.39 is 18.0 Å². The van der Waals surface area contributed by atoms with Crippen LogP contribution in [0.15, 0.2) is 0 Å². The number of esters is 1. The van der Waals surface area contributed by atoms with E-state index in [4.69, 9.17) is 9.84 Å². The first-order valence-corrected chi connectivity index (χ1v) is 4.60. The molecular weight excluding hydrogens is 184 g/mol. The molecule has 0 heterocycles. The number of carboxylic acid groups (broad SMARTS) is 1. The van der Waals surface area contributed by atoms with Gasteiger partial charge in [0.25, 0.3) is 0 Å². The third kappa shape index (κ3) is 7.58. The molecule has 0 aromatic rings. The van der Waals surface area contributed by atoms with Crippen LogP contribution in [0.3, 0.4) is 0 Å². The molecule has 1 atom stereocenters. The molecule has 0 spiro atoms. The van der Waals surface area contributed by atoms with Crippen LogP contribution in [0.2, 0.25) is 0 Å². The summed E-state index contributed by atoms with van der Waals surface area (Å²) in [4.78, 5) is 21.2. The molecule has 0 aromatic heterocycles. The number of carbonyl (C=O) groups excluding carboxylic acids is 1. The number of hydrogen-bond donors (Lipinski definition) is 1. The number of hydrogen-bond acceptors (Lipinski definition) is 3. The topological polar surface area (TPSA) is 63.6 Å². The number of carboxylic acids is 1. The van der Waals surface area contributed by atoms with Crippen molar-refractivity contribution in [1.82, 2.24) is 0 Å². The quantitative estimate of drug-likeness (QED) is 0.706. The average Bonchev–Trinajstić information content (AvgIpc) is 1.77. The van der Waals surface area contributed by atoms with E-state index in [1.165, 1.54) is 6.92 Å². The van der Waals surface area contributed by atoms with Gasteiger partial charge in [0.15, 0.2) is 0 Å². The minimum atomic E-state index is -0.944. The molecule has 1 N–H and O–H groups in total. The van der Waals surface area contributed by atoms with Gasteiger partial charge in [-0.15, -0.1) is 0 Å². The Bertz CT molecular complexity index is 199. The second-order valence-electron chi connectivity index (χ2n) is 4.59. The highest BCUT2D eigenvalue weighted by Gasteiger charge is 2.23. The highest BCUT2D eigenvalue weighted by molar-refractivity contribution is 5.69. The van der Waals surface area contributed by atoms with Crippen LogP contribution in [-0.4, -0.2) is 23.1 Å². The fourth-order valence-corrected chi connectivity index (χ4v) is 1.27. The van der Waals surface area contributed by atoms with E-state index in [1.54, 1.807) is 0 Å². The summed E-state index contributed by atoms with van der Waals surface area (Å²) >= 11 is 0. The summed E-state index contributed by atoms with van der Waals surface area (Å²) in [6.07, 6.45) is -0.0968. The molecule has 0 saturated carbocycles. The summed E-state index contributed by atoms with van der Waals surface area (Å²) in [5.41, 5.74) is -0.0461. The minimum absolute atomic E-state index is 0.0461. The maximum atomic E-state index is 10.7. The van der Waals surface area contributed by atoms with Gasteiger partial charge in [-0.1, -0.05) is 20.8 Å². The second kappa shape index (κ2) is 4.98. The SMILES string of the molecule is CC(=O)O[C@H](CC(=O)O)CC(C)(C)C. The summed E-state index contributed by atoms with van der Waals surface area (Å²) in [7, 11) is 0. The molecule has 0 aromatic carbocycles. The zero-order valence-corrected chi connectivity index (χ0v) is 9.16. The van der Waals surface area contributed by atoms with Crippen molar-refractivity contribution in [3.05, 3.63) is 0 Å². The highest BCUT2D eigenvalue weighted by atomic mass is 16.5. The van der Waals surface area contributed by atoms with Crippen molar-refractivity contribution in [3.8, 4) is 0 Å². The molecular formula is C10H18O4. The van der Waals surface area contributed by atoms with Gasteiger partial charge >= 0.3 is 11.9 Å². The summed E-state index contributed by atoms with van der Waals surface area (Å²) in [6.45, 7) is 7.22. The Kier molecular flexibility index (Phi) is 4.60. The second-order valence-corrected chi connectivity index (χ2v) is 4.59. The van der Waals surface area contributed by atoms with Gasteiger partial charge in [0.05, 0.1) is 6.42 Å². The first-order valence-electron chi connectivity index (χ1n) is 4.60. The van der Waals surface area contributed by atoms with Gasteiger partial charge in [0.1, 0.15) is 6.10 Å². The van der Waals surface area contributed by atoms with E-state index in [0.29, 0.717) is 6.42 Å². The molecule has 4 heteroatoms. The normalized spacial score (nSPS) is 13.4. The molecule has 0 aliphatic carbocycles. The lowest BCUT2D eigenvalue weighted by atomic mass is 9.88. The molecule has 0 amide bonds. The smallest absolute Gasteiger partial charge is 0.307 e. The number of carbonyl (C=O) groups is 2. The Balaban J connectivity index is 4.24. The molecule has 0 saturated heterocycles. The molecule has 14 heavy (non-hydrogen) atoms.